The zero-order valence-electron chi connectivity index (χ0n) is 7.14. The maximum atomic E-state index is 10.6. The predicted molar refractivity (Wildman–Crippen MR) is 60.1 cm³/mol. The molecule has 0 aliphatic heterocycles. The third-order valence-electron chi connectivity index (χ3n) is 1.48. The number of hydrogen-bond acceptors (Lipinski definition) is 4. The summed E-state index contributed by atoms with van der Waals surface area (Å²) in [7, 11) is 0. The highest BCUT2D eigenvalue weighted by Crippen LogP contribution is 2.34. The van der Waals surface area contributed by atoms with Gasteiger partial charge in [0.25, 0.3) is 0 Å². The first-order chi connectivity index (χ1) is 6.66. The van der Waals surface area contributed by atoms with Crippen molar-refractivity contribution < 1.29 is 9.66 Å². The molecule has 0 atom stereocenters. The molecule has 0 aromatic heterocycles. The molecule has 0 amide bonds. The van der Waals surface area contributed by atoms with Crippen molar-refractivity contribution >= 4 is 34.2 Å². The molecule has 76 valence electrons. The van der Waals surface area contributed by atoms with Crippen LogP contribution in [0.25, 0.3) is 0 Å². The Bertz CT molecular complexity index is 345. The summed E-state index contributed by atoms with van der Waals surface area (Å²) in [6, 6.07) is 4.69. The number of halogens is 1. The average molecular weight is 278 g/mol. The fourth-order valence-corrected chi connectivity index (χ4v) is 1.49. The van der Waals surface area contributed by atoms with Gasteiger partial charge in [0.05, 0.1) is 16.0 Å². The van der Waals surface area contributed by atoms with Crippen molar-refractivity contribution in [3.05, 3.63) is 32.8 Å². The third kappa shape index (κ3) is 2.62. The first-order valence-electron chi connectivity index (χ1n) is 3.83. The highest BCUT2D eigenvalue weighted by Gasteiger charge is 2.17. The Morgan fingerprint density at radius 1 is 1.57 bits per heavy atom. The van der Waals surface area contributed by atoms with Crippen molar-refractivity contribution in [3.8, 4) is 5.75 Å². The van der Waals surface area contributed by atoms with Gasteiger partial charge in [0.2, 0.25) is 5.75 Å². The van der Waals surface area contributed by atoms with E-state index in [1.165, 1.54) is 6.07 Å². The smallest absolute Gasteiger partial charge is 0.312 e. The second-order valence-corrected chi connectivity index (χ2v) is 3.72. The number of hydrogen-bond donors (Lipinski definition) is 1. The minimum absolute atomic E-state index is 0.0406. The largest absolute Gasteiger partial charge is 0.485 e. The van der Waals surface area contributed by atoms with Gasteiger partial charge in [-0.3, -0.25) is 10.1 Å². The van der Waals surface area contributed by atoms with Crippen LogP contribution in [-0.2, 0) is 0 Å². The van der Waals surface area contributed by atoms with E-state index in [4.69, 9.17) is 4.74 Å². The molecule has 0 radical (unpaired) electrons. The molecule has 0 heterocycles. The van der Waals surface area contributed by atoms with Gasteiger partial charge in [-0.05, 0) is 22.0 Å². The van der Waals surface area contributed by atoms with Crippen molar-refractivity contribution in [2.75, 3.05) is 12.4 Å². The fraction of sp³-hybridized carbons (Fsp3) is 0.250. The van der Waals surface area contributed by atoms with E-state index >= 15 is 0 Å². The van der Waals surface area contributed by atoms with E-state index in [9.17, 15) is 10.1 Å². The van der Waals surface area contributed by atoms with Crippen molar-refractivity contribution in [1.82, 2.24) is 0 Å². The van der Waals surface area contributed by atoms with Gasteiger partial charge in [0.1, 0.15) is 0 Å². The molecule has 6 heteroatoms. The summed E-state index contributed by atoms with van der Waals surface area (Å²) in [5, 5.41) is 10.6. The second kappa shape index (κ2) is 5.21. The van der Waals surface area contributed by atoms with Gasteiger partial charge in [-0.25, -0.2) is 0 Å². The maximum absolute atomic E-state index is 10.6. The second-order valence-electron chi connectivity index (χ2n) is 2.42. The van der Waals surface area contributed by atoms with Crippen LogP contribution in [0.4, 0.5) is 5.69 Å². The summed E-state index contributed by atoms with van der Waals surface area (Å²) < 4.78 is 5.79. The molecular weight excluding hydrogens is 270 g/mol. The van der Waals surface area contributed by atoms with Crippen LogP contribution in [0.3, 0.4) is 0 Å². The summed E-state index contributed by atoms with van der Waals surface area (Å²) in [6.45, 7) is 0.340. The number of nitro benzene ring substituents is 1. The molecule has 4 nitrogen and oxygen atoms in total. The molecular formula is C8H8BrNO3S. The van der Waals surface area contributed by atoms with Crippen LogP contribution in [0.15, 0.2) is 22.7 Å². The Balaban J connectivity index is 3.02. The zero-order chi connectivity index (χ0) is 10.6. The Labute approximate surface area is 95.0 Å². The Kier molecular flexibility index (Phi) is 4.21. The van der Waals surface area contributed by atoms with E-state index in [-0.39, 0.29) is 11.4 Å². The van der Waals surface area contributed by atoms with E-state index in [1.54, 1.807) is 12.1 Å². The molecule has 0 bridgehead atoms. The normalized spacial score (nSPS) is 9.86. The van der Waals surface area contributed by atoms with E-state index in [0.29, 0.717) is 16.8 Å². The van der Waals surface area contributed by atoms with E-state index in [1.807, 2.05) is 0 Å². The molecule has 0 saturated carbocycles. The predicted octanol–water partition coefficient (Wildman–Crippen LogP) is 2.67. The van der Waals surface area contributed by atoms with Crippen molar-refractivity contribution in [2.24, 2.45) is 0 Å². The standard InChI is InChI=1S/C8H8BrNO3S/c9-6-2-1-3-7(10(11)12)8(6)13-4-5-14/h1-3,14H,4-5H2. The van der Waals surface area contributed by atoms with E-state index in [0.717, 1.165) is 0 Å². The van der Waals surface area contributed by atoms with Crippen LogP contribution >= 0.6 is 28.6 Å². The molecule has 0 aliphatic rings. The van der Waals surface area contributed by atoms with Crippen molar-refractivity contribution in [1.29, 1.82) is 0 Å². The number of nitrogens with zero attached hydrogens (tertiary/aromatic N) is 1. The average Bonchev–Trinajstić information content (AvgIpc) is 2.15. The lowest BCUT2D eigenvalue weighted by Gasteiger charge is -2.06. The van der Waals surface area contributed by atoms with Gasteiger partial charge in [-0.15, -0.1) is 0 Å². The Morgan fingerprint density at radius 3 is 2.86 bits per heavy atom. The summed E-state index contributed by atoms with van der Waals surface area (Å²) in [5.74, 6) is 0.768. The molecule has 0 fully saturated rings. The van der Waals surface area contributed by atoms with E-state index < -0.39 is 4.92 Å². The molecule has 0 N–H and O–H groups in total. The van der Waals surface area contributed by atoms with Crippen LogP contribution in [0.2, 0.25) is 0 Å². The number of thiol groups is 1. The van der Waals surface area contributed by atoms with Gasteiger partial charge in [0, 0.05) is 11.8 Å². The Morgan fingerprint density at radius 2 is 2.29 bits per heavy atom. The minimum Gasteiger partial charge on any atom is -0.485 e. The first kappa shape index (κ1) is 11.3. The van der Waals surface area contributed by atoms with E-state index in [2.05, 4.69) is 28.6 Å². The summed E-state index contributed by atoms with van der Waals surface area (Å²) in [5.41, 5.74) is -0.0406. The fourth-order valence-electron chi connectivity index (χ4n) is 0.932. The lowest BCUT2D eigenvalue weighted by molar-refractivity contribution is -0.385. The van der Waals surface area contributed by atoms with Gasteiger partial charge in [-0.1, -0.05) is 6.07 Å². The van der Waals surface area contributed by atoms with Crippen LogP contribution in [0, 0.1) is 10.1 Å². The Hall–Kier alpha value is -0.750. The quantitative estimate of drug-likeness (QED) is 0.523. The minimum atomic E-state index is -0.474. The van der Waals surface area contributed by atoms with Crippen LogP contribution in [0.1, 0.15) is 0 Å². The topological polar surface area (TPSA) is 52.4 Å². The number of nitro groups is 1. The van der Waals surface area contributed by atoms with Crippen LogP contribution in [0.5, 0.6) is 5.75 Å². The lowest BCUT2D eigenvalue weighted by Crippen LogP contribution is -2.01. The van der Waals surface area contributed by atoms with Crippen LogP contribution in [-0.4, -0.2) is 17.3 Å². The number of para-hydroxylation sites is 1. The molecule has 0 saturated heterocycles. The van der Waals surface area contributed by atoms with Crippen LogP contribution < -0.4 is 4.74 Å². The molecule has 1 rings (SSSR count). The van der Waals surface area contributed by atoms with Crippen molar-refractivity contribution in [2.45, 2.75) is 0 Å². The third-order valence-corrected chi connectivity index (χ3v) is 2.29. The SMILES string of the molecule is O=[N+]([O-])c1cccc(Br)c1OCCS. The van der Waals surface area contributed by atoms with Crippen molar-refractivity contribution in [3.63, 3.8) is 0 Å². The highest BCUT2D eigenvalue weighted by molar-refractivity contribution is 9.10. The van der Waals surface area contributed by atoms with Gasteiger partial charge in [0.15, 0.2) is 0 Å². The zero-order valence-corrected chi connectivity index (χ0v) is 9.62. The first-order valence-corrected chi connectivity index (χ1v) is 5.26. The summed E-state index contributed by atoms with van der Waals surface area (Å²) in [6.07, 6.45) is 0. The maximum Gasteiger partial charge on any atom is 0.312 e. The molecule has 1 aromatic rings. The number of rotatable bonds is 4. The number of benzene rings is 1. The van der Waals surface area contributed by atoms with Gasteiger partial charge < -0.3 is 4.74 Å². The highest BCUT2D eigenvalue weighted by atomic mass is 79.9. The molecule has 0 spiro atoms. The van der Waals surface area contributed by atoms with Gasteiger partial charge in [-0.2, -0.15) is 12.6 Å². The molecule has 1 aromatic carbocycles. The molecule has 14 heavy (non-hydrogen) atoms. The molecule has 0 aliphatic carbocycles. The van der Waals surface area contributed by atoms with Gasteiger partial charge >= 0.3 is 5.69 Å². The molecule has 0 unspecified atom stereocenters. The summed E-state index contributed by atoms with van der Waals surface area (Å²) in [4.78, 5) is 10.1. The summed E-state index contributed by atoms with van der Waals surface area (Å²) >= 11 is 7.15. The monoisotopic (exact) mass is 277 g/mol. The lowest BCUT2D eigenvalue weighted by atomic mass is 10.3. The number of ether oxygens (including phenoxy) is 1.